The average Bonchev–Trinajstić information content (AvgIpc) is 3.34. The average molecular weight is 554 g/mol. The van der Waals surface area contributed by atoms with Crippen molar-refractivity contribution in [1.29, 1.82) is 0 Å². The van der Waals surface area contributed by atoms with E-state index in [2.05, 4.69) is 15.5 Å². The van der Waals surface area contributed by atoms with E-state index in [9.17, 15) is 9.59 Å². The first-order valence-electron chi connectivity index (χ1n) is 9.39. The Hall–Kier alpha value is -1.95. The van der Waals surface area contributed by atoms with Gasteiger partial charge in [-0.3, -0.25) is 19.8 Å². The Labute approximate surface area is 217 Å². The predicted molar refractivity (Wildman–Crippen MR) is 141 cm³/mol. The second kappa shape index (κ2) is 11.0. The Bertz CT molecular complexity index is 1250. The fourth-order valence-electron chi connectivity index (χ4n) is 2.72. The standard InChI is InChI=1S/C21H14Cl2N4O2S4/c22-14-7-5-12(6-8-14)9-16-18(29)27(21(30)32-16)10-17(28)24-19-25-26-20(33-19)31-11-13-3-1-2-4-15(13)23/h1-9H,10-11H2,(H,24,25,28)/b16-9-. The molecule has 2 aromatic carbocycles. The highest BCUT2D eigenvalue weighted by molar-refractivity contribution is 8.26. The van der Waals surface area contributed by atoms with E-state index >= 15 is 0 Å². The zero-order valence-electron chi connectivity index (χ0n) is 16.7. The number of benzene rings is 2. The lowest BCUT2D eigenvalue weighted by molar-refractivity contribution is -0.126. The van der Waals surface area contributed by atoms with E-state index in [0.717, 1.165) is 22.9 Å². The van der Waals surface area contributed by atoms with E-state index in [0.29, 0.717) is 34.5 Å². The third-order valence-corrected chi connectivity index (χ3v) is 8.32. The van der Waals surface area contributed by atoms with Gasteiger partial charge in [0.1, 0.15) is 10.9 Å². The van der Waals surface area contributed by atoms with Crippen LogP contribution >= 0.6 is 70.3 Å². The van der Waals surface area contributed by atoms with Crippen LogP contribution in [0.2, 0.25) is 10.0 Å². The molecule has 0 saturated carbocycles. The number of hydrogen-bond donors (Lipinski definition) is 1. The Morgan fingerprint density at radius 1 is 1.15 bits per heavy atom. The molecule has 0 aliphatic carbocycles. The van der Waals surface area contributed by atoms with Crippen LogP contribution in [-0.4, -0.2) is 37.8 Å². The van der Waals surface area contributed by atoms with E-state index in [1.165, 1.54) is 28.0 Å². The van der Waals surface area contributed by atoms with Gasteiger partial charge in [0, 0.05) is 15.8 Å². The minimum atomic E-state index is -0.405. The molecule has 1 aliphatic rings. The highest BCUT2D eigenvalue weighted by Crippen LogP contribution is 2.33. The van der Waals surface area contributed by atoms with Crippen LogP contribution in [0.15, 0.2) is 57.8 Å². The summed E-state index contributed by atoms with van der Waals surface area (Å²) in [5.74, 6) is -0.0835. The largest absolute Gasteiger partial charge is 0.299 e. The molecule has 4 rings (SSSR count). The van der Waals surface area contributed by atoms with Gasteiger partial charge in [-0.1, -0.05) is 101 Å². The first-order chi connectivity index (χ1) is 15.9. The van der Waals surface area contributed by atoms with Crippen LogP contribution in [-0.2, 0) is 15.3 Å². The van der Waals surface area contributed by atoms with E-state index in [4.69, 9.17) is 35.4 Å². The smallest absolute Gasteiger partial charge is 0.266 e. The maximum Gasteiger partial charge on any atom is 0.266 e. The number of thioether (sulfide) groups is 2. The van der Waals surface area contributed by atoms with Gasteiger partial charge in [-0.15, -0.1) is 10.2 Å². The predicted octanol–water partition coefficient (Wildman–Crippen LogP) is 5.98. The van der Waals surface area contributed by atoms with Crippen molar-refractivity contribution in [2.45, 2.75) is 10.1 Å². The number of halogens is 2. The molecule has 12 heteroatoms. The minimum absolute atomic E-state index is 0.204. The lowest BCUT2D eigenvalue weighted by Gasteiger charge is -2.13. The zero-order valence-corrected chi connectivity index (χ0v) is 21.4. The summed E-state index contributed by atoms with van der Waals surface area (Å²) in [6, 6.07) is 14.7. The van der Waals surface area contributed by atoms with Crippen molar-refractivity contribution in [2.24, 2.45) is 0 Å². The Morgan fingerprint density at radius 3 is 2.67 bits per heavy atom. The molecule has 0 bridgehead atoms. The number of thiocarbonyl (C=S) groups is 1. The molecule has 1 N–H and O–H groups in total. The summed E-state index contributed by atoms with van der Waals surface area (Å²) in [4.78, 5) is 26.9. The summed E-state index contributed by atoms with van der Waals surface area (Å²) in [5.41, 5.74) is 1.81. The van der Waals surface area contributed by atoms with Gasteiger partial charge in [-0.2, -0.15) is 0 Å². The Balaban J connectivity index is 1.33. The molecule has 2 amide bonds. The lowest BCUT2D eigenvalue weighted by Crippen LogP contribution is -2.36. The van der Waals surface area contributed by atoms with E-state index in [1.54, 1.807) is 30.3 Å². The maximum atomic E-state index is 12.7. The monoisotopic (exact) mass is 552 g/mol. The first-order valence-corrected chi connectivity index (χ1v) is 13.2. The molecule has 1 aliphatic heterocycles. The molecule has 168 valence electrons. The van der Waals surface area contributed by atoms with E-state index in [-0.39, 0.29) is 12.5 Å². The fraction of sp³-hybridized carbons (Fsp3) is 0.0952. The van der Waals surface area contributed by atoms with Gasteiger partial charge in [0.25, 0.3) is 5.91 Å². The van der Waals surface area contributed by atoms with Crippen molar-refractivity contribution < 1.29 is 9.59 Å². The Morgan fingerprint density at radius 2 is 1.91 bits per heavy atom. The van der Waals surface area contributed by atoms with Gasteiger partial charge in [0.05, 0.1) is 4.91 Å². The molecule has 6 nitrogen and oxygen atoms in total. The molecular weight excluding hydrogens is 539 g/mol. The molecule has 0 radical (unpaired) electrons. The van der Waals surface area contributed by atoms with Crippen molar-refractivity contribution >= 4 is 97.6 Å². The normalized spacial score (nSPS) is 14.8. The summed E-state index contributed by atoms with van der Waals surface area (Å²) in [7, 11) is 0. The van der Waals surface area contributed by atoms with Crippen molar-refractivity contribution in [3.63, 3.8) is 0 Å². The van der Waals surface area contributed by atoms with Gasteiger partial charge in [0.2, 0.25) is 11.0 Å². The summed E-state index contributed by atoms with van der Waals surface area (Å²) >= 11 is 21.3. The molecule has 0 spiro atoms. The van der Waals surface area contributed by atoms with Crippen LogP contribution in [0.5, 0.6) is 0 Å². The summed E-state index contributed by atoms with van der Waals surface area (Å²) < 4.78 is 1.02. The zero-order chi connectivity index (χ0) is 23.4. The number of aromatic nitrogens is 2. The van der Waals surface area contributed by atoms with Crippen molar-refractivity contribution in [3.8, 4) is 0 Å². The lowest BCUT2D eigenvalue weighted by atomic mass is 10.2. The third-order valence-electron chi connectivity index (χ3n) is 4.30. The van der Waals surface area contributed by atoms with Crippen LogP contribution in [0.3, 0.4) is 0 Å². The number of nitrogens with zero attached hydrogens (tertiary/aromatic N) is 3. The van der Waals surface area contributed by atoms with E-state index in [1.807, 2.05) is 24.3 Å². The number of carbonyl (C=O) groups excluding carboxylic acids is 2. The highest BCUT2D eigenvalue weighted by atomic mass is 35.5. The quantitative estimate of drug-likeness (QED) is 0.167. The maximum absolute atomic E-state index is 12.7. The number of carbonyl (C=O) groups is 2. The number of nitrogens with one attached hydrogen (secondary N) is 1. The van der Waals surface area contributed by atoms with Crippen molar-refractivity contribution in [1.82, 2.24) is 15.1 Å². The molecule has 1 saturated heterocycles. The van der Waals surface area contributed by atoms with Crippen LogP contribution < -0.4 is 5.32 Å². The summed E-state index contributed by atoms with van der Waals surface area (Å²) in [5, 5.41) is 12.4. The molecule has 0 atom stereocenters. The second-order valence-corrected chi connectivity index (χ2v) is 11.3. The van der Waals surface area contributed by atoms with Crippen LogP contribution in [0.4, 0.5) is 5.13 Å². The van der Waals surface area contributed by atoms with Crippen molar-refractivity contribution in [2.75, 3.05) is 11.9 Å². The minimum Gasteiger partial charge on any atom is -0.299 e. The van der Waals surface area contributed by atoms with Gasteiger partial charge < -0.3 is 0 Å². The number of hydrogen-bond acceptors (Lipinski definition) is 8. The third kappa shape index (κ3) is 6.34. The molecule has 1 aromatic heterocycles. The molecular formula is C21H14Cl2N4O2S4. The molecule has 1 fully saturated rings. The molecule has 33 heavy (non-hydrogen) atoms. The SMILES string of the molecule is O=C(CN1C(=O)/C(=C/c2ccc(Cl)cc2)SC1=S)Nc1nnc(SCc2ccccc2Cl)s1. The van der Waals surface area contributed by atoms with Crippen LogP contribution in [0.1, 0.15) is 11.1 Å². The highest BCUT2D eigenvalue weighted by Gasteiger charge is 2.33. The molecule has 2 heterocycles. The number of rotatable bonds is 7. The number of amides is 2. The van der Waals surface area contributed by atoms with Crippen LogP contribution in [0.25, 0.3) is 6.08 Å². The van der Waals surface area contributed by atoms with Gasteiger partial charge in [-0.05, 0) is 35.4 Å². The molecule has 3 aromatic rings. The summed E-state index contributed by atoms with van der Waals surface area (Å²) in [6.45, 7) is -0.204. The summed E-state index contributed by atoms with van der Waals surface area (Å²) in [6.07, 6.45) is 1.72. The second-order valence-electron chi connectivity index (χ2n) is 6.62. The van der Waals surface area contributed by atoms with Crippen molar-refractivity contribution in [3.05, 3.63) is 74.6 Å². The fourth-order valence-corrected chi connectivity index (χ4v) is 6.16. The number of anilines is 1. The van der Waals surface area contributed by atoms with E-state index < -0.39 is 5.91 Å². The van der Waals surface area contributed by atoms with Gasteiger partial charge >= 0.3 is 0 Å². The topological polar surface area (TPSA) is 75.2 Å². The van der Waals surface area contributed by atoms with Gasteiger partial charge in [-0.25, -0.2) is 0 Å². The van der Waals surface area contributed by atoms with Crippen LogP contribution in [0, 0.1) is 0 Å². The Kier molecular flexibility index (Phi) is 8.05. The molecule has 0 unspecified atom stereocenters. The van der Waals surface area contributed by atoms with Gasteiger partial charge in [0.15, 0.2) is 4.34 Å². The first kappa shape index (κ1) is 24.2.